The van der Waals surface area contributed by atoms with Gasteiger partial charge < -0.3 is 14.6 Å². The van der Waals surface area contributed by atoms with Gasteiger partial charge in [-0.3, -0.25) is 4.79 Å². The van der Waals surface area contributed by atoms with Crippen LogP contribution < -0.4 is 0 Å². The van der Waals surface area contributed by atoms with E-state index in [9.17, 15) is 9.90 Å². The lowest BCUT2D eigenvalue weighted by Crippen LogP contribution is -2.47. The Morgan fingerprint density at radius 2 is 2.05 bits per heavy atom. The average molecular weight is 283 g/mol. The predicted octanol–water partition coefficient (Wildman–Crippen LogP) is 2.05. The highest BCUT2D eigenvalue weighted by atomic mass is 35.5. The summed E-state index contributed by atoms with van der Waals surface area (Å²) in [6, 6.07) is 2.32. The van der Waals surface area contributed by atoms with Gasteiger partial charge in [0.2, 0.25) is 0 Å². The average Bonchev–Trinajstić information content (AvgIpc) is 2.85. The number of piperidine rings is 1. The summed E-state index contributed by atoms with van der Waals surface area (Å²) < 4.78 is 1.79. The van der Waals surface area contributed by atoms with Gasteiger partial charge in [-0.05, 0) is 37.7 Å². The topological polar surface area (TPSA) is 45.5 Å². The second kappa shape index (κ2) is 4.84. The monoisotopic (exact) mass is 282 g/mol. The maximum Gasteiger partial charge on any atom is 0.271 e. The number of aryl methyl sites for hydroxylation is 1. The Balaban J connectivity index is 1.84. The standard InChI is InChI=1S/C14H19ClN2O2/c1-16-7-10(15)6-13(16)14(19)17-11-2-3-12(17)5-9(4-11)8-18/h6-7,9,11-12,18H,2-5,8H2,1H3/t9?,11-,12+. The molecule has 2 saturated heterocycles. The van der Waals surface area contributed by atoms with Crippen molar-refractivity contribution >= 4 is 17.5 Å². The van der Waals surface area contributed by atoms with Gasteiger partial charge in [0.05, 0.1) is 5.02 Å². The number of rotatable bonds is 2. The Labute approximate surface area is 118 Å². The summed E-state index contributed by atoms with van der Waals surface area (Å²) in [6.07, 6.45) is 5.74. The number of hydrogen-bond acceptors (Lipinski definition) is 2. The fourth-order valence-corrected chi connectivity index (χ4v) is 3.89. The number of aromatic nitrogens is 1. The lowest BCUT2D eigenvalue weighted by Gasteiger charge is -2.38. The van der Waals surface area contributed by atoms with E-state index in [-0.39, 0.29) is 24.6 Å². The lowest BCUT2D eigenvalue weighted by atomic mass is 9.91. The summed E-state index contributed by atoms with van der Waals surface area (Å²) in [5, 5.41) is 9.92. The van der Waals surface area contributed by atoms with E-state index in [1.165, 1.54) is 0 Å². The van der Waals surface area contributed by atoms with Crippen LogP contribution in [-0.2, 0) is 7.05 Å². The number of carbonyl (C=O) groups excluding carboxylic acids is 1. The van der Waals surface area contributed by atoms with E-state index in [0.717, 1.165) is 25.7 Å². The zero-order valence-electron chi connectivity index (χ0n) is 11.1. The van der Waals surface area contributed by atoms with Crippen LogP contribution in [0.3, 0.4) is 0 Å². The third-order valence-electron chi connectivity index (χ3n) is 4.51. The molecule has 2 fully saturated rings. The molecule has 1 aromatic heterocycles. The summed E-state index contributed by atoms with van der Waals surface area (Å²) in [4.78, 5) is 14.7. The molecular formula is C14H19ClN2O2. The van der Waals surface area contributed by atoms with E-state index >= 15 is 0 Å². The van der Waals surface area contributed by atoms with Crippen LogP contribution in [0, 0.1) is 5.92 Å². The smallest absolute Gasteiger partial charge is 0.271 e. The zero-order valence-corrected chi connectivity index (χ0v) is 11.8. The number of halogens is 1. The van der Waals surface area contributed by atoms with Crippen molar-refractivity contribution in [3.05, 3.63) is 23.0 Å². The molecule has 2 aliphatic heterocycles. The highest BCUT2D eigenvalue weighted by Gasteiger charge is 2.43. The molecule has 2 bridgehead atoms. The number of fused-ring (bicyclic) bond motifs is 2. The van der Waals surface area contributed by atoms with Crippen LogP contribution >= 0.6 is 11.6 Å². The van der Waals surface area contributed by atoms with Crippen molar-refractivity contribution in [2.75, 3.05) is 6.61 Å². The highest BCUT2D eigenvalue weighted by Crippen LogP contribution is 2.39. The first kappa shape index (κ1) is 13.0. The van der Waals surface area contributed by atoms with Gasteiger partial charge in [-0.2, -0.15) is 0 Å². The van der Waals surface area contributed by atoms with Gasteiger partial charge in [-0.15, -0.1) is 0 Å². The second-order valence-electron chi connectivity index (χ2n) is 5.77. The van der Waals surface area contributed by atoms with Crippen molar-refractivity contribution in [1.29, 1.82) is 0 Å². The Morgan fingerprint density at radius 1 is 1.42 bits per heavy atom. The van der Waals surface area contributed by atoms with E-state index in [1.807, 2.05) is 11.9 Å². The summed E-state index contributed by atoms with van der Waals surface area (Å²) in [5.74, 6) is 0.442. The molecule has 2 aliphatic rings. The fourth-order valence-electron chi connectivity index (χ4n) is 3.64. The van der Waals surface area contributed by atoms with E-state index in [4.69, 9.17) is 11.6 Å². The largest absolute Gasteiger partial charge is 0.396 e. The summed E-state index contributed by atoms with van der Waals surface area (Å²) in [6.45, 7) is 0.241. The second-order valence-corrected chi connectivity index (χ2v) is 6.21. The molecule has 0 saturated carbocycles. The molecule has 0 spiro atoms. The molecule has 0 radical (unpaired) electrons. The molecule has 19 heavy (non-hydrogen) atoms. The third kappa shape index (κ3) is 2.17. The molecule has 0 aromatic carbocycles. The number of aliphatic hydroxyl groups excluding tert-OH is 1. The van der Waals surface area contributed by atoms with Crippen LogP contribution in [0.25, 0.3) is 0 Å². The predicted molar refractivity (Wildman–Crippen MR) is 73.2 cm³/mol. The molecule has 0 aliphatic carbocycles. The number of hydrogen-bond donors (Lipinski definition) is 1. The van der Waals surface area contributed by atoms with Gasteiger partial charge in [-0.1, -0.05) is 11.6 Å². The minimum absolute atomic E-state index is 0.0817. The summed E-state index contributed by atoms with van der Waals surface area (Å²) in [7, 11) is 1.85. The van der Waals surface area contributed by atoms with Crippen LogP contribution in [0.15, 0.2) is 12.3 Å². The molecule has 3 rings (SSSR count). The van der Waals surface area contributed by atoms with Gasteiger partial charge in [0, 0.05) is 31.9 Å². The van der Waals surface area contributed by atoms with Crippen molar-refractivity contribution in [2.24, 2.45) is 13.0 Å². The Bertz CT molecular complexity index is 486. The van der Waals surface area contributed by atoms with Crippen LogP contribution in [-0.4, -0.2) is 39.2 Å². The van der Waals surface area contributed by atoms with Gasteiger partial charge >= 0.3 is 0 Å². The van der Waals surface area contributed by atoms with Gasteiger partial charge in [-0.25, -0.2) is 0 Å². The molecular weight excluding hydrogens is 264 g/mol. The first-order chi connectivity index (χ1) is 9.10. The van der Waals surface area contributed by atoms with Crippen molar-refractivity contribution in [2.45, 2.75) is 37.8 Å². The third-order valence-corrected chi connectivity index (χ3v) is 4.72. The summed E-state index contributed by atoms with van der Waals surface area (Å²) >= 11 is 5.96. The molecule has 1 N–H and O–H groups in total. The molecule has 4 nitrogen and oxygen atoms in total. The van der Waals surface area contributed by atoms with Crippen LogP contribution in [0.2, 0.25) is 5.02 Å². The highest BCUT2D eigenvalue weighted by molar-refractivity contribution is 6.31. The quantitative estimate of drug-likeness (QED) is 0.902. The Morgan fingerprint density at radius 3 is 2.53 bits per heavy atom. The van der Waals surface area contributed by atoms with E-state index in [1.54, 1.807) is 16.8 Å². The van der Waals surface area contributed by atoms with Gasteiger partial charge in [0.25, 0.3) is 5.91 Å². The molecule has 3 heterocycles. The lowest BCUT2D eigenvalue weighted by molar-refractivity contribution is 0.0444. The maximum absolute atomic E-state index is 12.7. The Hall–Kier alpha value is -1.00. The van der Waals surface area contributed by atoms with E-state index < -0.39 is 0 Å². The molecule has 1 aromatic rings. The first-order valence-corrected chi connectivity index (χ1v) is 7.23. The van der Waals surface area contributed by atoms with Crippen molar-refractivity contribution in [3.63, 3.8) is 0 Å². The van der Waals surface area contributed by atoms with E-state index in [0.29, 0.717) is 16.6 Å². The number of aliphatic hydroxyl groups is 1. The Kier molecular flexibility index (Phi) is 3.31. The summed E-state index contributed by atoms with van der Waals surface area (Å²) in [5.41, 5.74) is 0.657. The zero-order chi connectivity index (χ0) is 13.6. The van der Waals surface area contributed by atoms with Crippen LogP contribution in [0.1, 0.15) is 36.2 Å². The van der Waals surface area contributed by atoms with Gasteiger partial charge in [0.1, 0.15) is 5.69 Å². The molecule has 1 unspecified atom stereocenters. The minimum Gasteiger partial charge on any atom is -0.396 e. The molecule has 1 amide bonds. The first-order valence-electron chi connectivity index (χ1n) is 6.85. The van der Waals surface area contributed by atoms with Crippen molar-refractivity contribution in [3.8, 4) is 0 Å². The molecule has 3 atom stereocenters. The van der Waals surface area contributed by atoms with Gasteiger partial charge in [0.15, 0.2) is 0 Å². The number of amides is 1. The number of carbonyl (C=O) groups is 1. The van der Waals surface area contributed by atoms with Crippen LogP contribution in [0.5, 0.6) is 0 Å². The maximum atomic E-state index is 12.7. The van der Waals surface area contributed by atoms with Crippen LogP contribution in [0.4, 0.5) is 0 Å². The number of nitrogens with zero attached hydrogens (tertiary/aromatic N) is 2. The fraction of sp³-hybridized carbons (Fsp3) is 0.643. The van der Waals surface area contributed by atoms with Crippen molar-refractivity contribution < 1.29 is 9.90 Å². The normalized spacial score (nSPS) is 29.8. The molecule has 5 heteroatoms. The minimum atomic E-state index is 0.0817. The van der Waals surface area contributed by atoms with E-state index in [2.05, 4.69) is 0 Å². The van der Waals surface area contributed by atoms with Crippen molar-refractivity contribution in [1.82, 2.24) is 9.47 Å². The SMILES string of the molecule is Cn1cc(Cl)cc1C(=O)N1[C@@H]2CC[C@H]1CC(CO)C2. The molecule has 104 valence electrons.